The van der Waals surface area contributed by atoms with Crippen LogP contribution in [0.5, 0.6) is 0 Å². The number of hydrogen-bond acceptors (Lipinski definition) is 5. The first-order chi connectivity index (χ1) is 8.26. The third kappa shape index (κ3) is 4.85. The fourth-order valence-electron chi connectivity index (χ4n) is 2.45. The second-order valence-electron chi connectivity index (χ2n) is 4.98. The molecule has 0 saturated carbocycles. The Balaban J connectivity index is 2.77. The minimum atomic E-state index is -3.07. The van der Waals surface area contributed by atoms with Crippen LogP contribution in [0, 0.1) is 0 Å². The van der Waals surface area contributed by atoms with Crippen molar-refractivity contribution in [3.63, 3.8) is 0 Å². The summed E-state index contributed by atoms with van der Waals surface area (Å²) in [5.41, 5.74) is 0. The van der Waals surface area contributed by atoms with Crippen molar-refractivity contribution in [2.45, 2.75) is 43.9 Å². The van der Waals surface area contributed by atoms with Crippen molar-refractivity contribution in [2.75, 3.05) is 24.3 Å². The minimum absolute atomic E-state index is 0.0384. The van der Waals surface area contributed by atoms with Crippen LogP contribution < -0.4 is 5.32 Å². The van der Waals surface area contributed by atoms with Crippen molar-refractivity contribution >= 4 is 19.7 Å². The number of sulfone groups is 2. The van der Waals surface area contributed by atoms with E-state index in [1.165, 1.54) is 6.26 Å². The van der Waals surface area contributed by atoms with Gasteiger partial charge in [0.2, 0.25) is 0 Å². The van der Waals surface area contributed by atoms with Gasteiger partial charge in [-0.15, -0.1) is 0 Å². The Labute approximate surface area is 110 Å². The van der Waals surface area contributed by atoms with E-state index >= 15 is 0 Å². The molecule has 1 aliphatic rings. The number of hydrogen-bond donors (Lipinski definition) is 1. The SMILES string of the molecule is CCNC(CCS(C)(=O)=O)C1CCCCS1(=O)=O. The summed E-state index contributed by atoms with van der Waals surface area (Å²) in [5.74, 6) is 0.273. The lowest BCUT2D eigenvalue weighted by Gasteiger charge is -2.30. The molecule has 2 unspecified atom stereocenters. The van der Waals surface area contributed by atoms with E-state index in [1.54, 1.807) is 0 Å². The van der Waals surface area contributed by atoms with Gasteiger partial charge in [-0.3, -0.25) is 0 Å². The predicted octanol–water partition coefficient (Wildman–Crippen LogP) is 0.367. The highest BCUT2D eigenvalue weighted by Gasteiger charge is 2.35. The average Bonchev–Trinajstić information content (AvgIpc) is 2.23. The lowest BCUT2D eigenvalue weighted by atomic mass is 10.0. The minimum Gasteiger partial charge on any atom is -0.313 e. The van der Waals surface area contributed by atoms with Crippen molar-refractivity contribution < 1.29 is 16.8 Å². The molecular weight excluding hydrogens is 274 g/mol. The summed E-state index contributed by atoms with van der Waals surface area (Å²) in [6, 6.07) is -0.241. The zero-order valence-corrected chi connectivity index (χ0v) is 12.7. The molecule has 7 heteroatoms. The Hall–Kier alpha value is -0.140. The molecule has 0 aromatic rings. The molecule has 1 heterocycles. The van der Waals surface area contributed by atoms with Crippen molar-refractivity contribution in [3.05, 3.63) is 0 Å². The van der Waals surface area contributed by atoms with Crippen LogP contribution in [0.2, 0.25) is 0 Å². The summed E-state index contributed by atoms with van der Waals surface area (Å²) >= 11 is 0. The topological polar surface area (TPSA) is 80.3 Å². The fourth-order valence-corrected chi connectivity index (χ4v) is 5.30. The van der Waals surface area contributed by atoms with Crippen LogP contribution >= 0.6 is 0 Å². The maximum absolute atomic E-state index is 12.0. The molecule has 5 nitrogen and oxygen atoms in total. The highest BCUT2D eigenvalue weighted by atomic mass is 32.2. The molecule has 0 amide bonds. The maximum Gasteiger partial charge on any atom is 0.154 e. The van der Waals surface area contributed by atoms with Crippen LogP contribution in [0.4, 0.5) is 0 Å². The molecule has 1 aliphatic heterocycles. The largest absolute Gasteiger partial charge is 0.313 e. The monoisotopic (exact) mass is 297 g/mol. The van der Waals surface area contributed by atoms with Gasteiger partial charge in [-0.2, -0.15) is 0 Å². The fraction of sp³-hybridized carbons (Fsp3) is 1.00. The van der Waals surface area contributed by atoms with Crippen molar-refractivity contribution in [2.24, 2.45) is 0 Å². The molecule has 1 N–H and O–H groups in total. The van der Waals surface area contributed by atoms with E-state index in [0.717, 1.165) is 12.8 Å². The number of nitrogens with one attached hydrogen (secondary N) is 1. The molecule has 108 valence electrons. The molecule has 0 spiro atoms. The Morgan fingerprint density at radius 3 is 2.50 bits per heavy atom. The van der Waals surface area contributed by atoms with Gasteiger partial charge in [0, 0.05) is 12.3 Å². The lowest BCUT2D eigenvalue weighted by molar-refractivity contribution is 0.434. The zero-order chi connectivity index (χ0) is 13.8. The Morgan fingerprint density at radius 2 is 2.00 bits per heavy atom. The molecule has 2 atom stereocenters. The molecule has 0 radical (unpaired) electrons. The molecule has 1 saturated heterocycles. The van der Waals surface area contributed by atoms with Gasteiger partial charge in [-0.25, -0.2) is 16.8 Å². The van der Waals surface area contributed by atoms with Gasteiger partial charge in [0.25, 0.3) is 0 Å². The summed E-state index contributed by atoms with van der Waals surface area (Å²) in [7, 11) is -6.12. The predicted molar refractivity (Wildman–Crippen MR) is 73.2 cm³/mol. The molecule has 0 aliphatic carbocycles. The van der Waals surface area contributed by atoms with Crippen LogP contribution in [-0.4, -0.2) is 52.4 Å². The van der Waals surface area contributed by atoms with E-state index in [0.29, 0.717) is 19.4 Å². The van der Waals surface area contributed by atoms with Gasteiger partial charge < -0.3 is 5.32 Å². The third-order valence-electron chi connectivity index (χ3n) is 3.34. The first-order valence-corrected chi connectivity index (χ1v) is 10.2. The van der Waals surface area contributed by atoms with E-state index in [4.69, 9.17) is 0 Å². The first-order valence-electron chi connectivity index (χ1n) is 6.39. The van der Waals surface area contributed by atoms with Gasteiger partial charge in [0.05, 0.1) is 16.8 Å². The van der Waals surface area contributed by atoms with E-state index < -0.39 is 24.9 Å². The van der Waals surface area contributed by atoms with E-state index in [9.17, 15) is 16.8 Å². The molecule has 0 aromatic heterocycles. The van der Waals surface area contributed by atoms with Crippen molar-refractivity contribution in [1.29, 1.82) is 0 Å². The van der Waals surface area contributed by atoms with E-state index in [1.807, 2.05) is 6.92 Å². The average molecular weight is 297 g/mol. The summed E-state index contributed by atoms with van der Waals surface area (Å²) < 4.78 is 46.5. The molecule has 1 rings (SSSR count). The quantitative estimate of drug-likeness (QED) is 0.766. The summed E-state index contributed by atoms with van der Waals surface area (Å²) in [6.45, 7) is 2.56. The Bertz CT molecular complexity index is 455. The molecule has 0 bridgehead atoms. The van der Waals surface area contributed by atoms with Crippen LogP contribution in [0.3, 0.4) is 0 Å². The van der Waals surface area contributed by atoms with Gasteiger partial charge >= 0.3 is 0 Å². The van der Waals surface area contributed by atoms with Crippen molar-refractivity contribution in [3.8, 4) is 0 Å². The van der Waals surface area contributed by atoms with Gasteiger partial charge in [-0.1, -0.05) is 13.3 Å². The molecular formula is C11H23NO4S2. The molecule has 1 fully saturated rings. The summed E-state index contributed by atoms with van der Waals surface area (Å²) in [5, 5.41) is 2.71. The molecule has 18 heavy (non-hydrogen) atoms. The van der Waals surface area contributed by atoms with Crippen molar-refractivity contribution in [1.82, 2.24) is 5.32 Å². The van der Waals surface area contributed by atoms with Crippen LogP contribution in [0.1, 0.15) is 32.6 Å². The normalized spacial score (nSPS) is 25.8. The highest BCUT2D eigenvalue weighted by molar-refractivity contribution is 7.92. The van der Waals surface area contributed by atoms with Crippen LogP contribution in [-0.2, 0) is 19.7 Å². The second kappa shape index (κ2) is 6.34. The van der Waals surface area contributed by atoms with Crippen LogP contribution in [0.15, 0.2) is 0 Å². The van der Waals surface area contributed by atoms with Gasteiger partial charge in [-0.05, 0) is 25.8 Å². The van der Waals surface area contributed by atoms with Gasteiger partial charge in [0.1, 0.15) is 9.84 Å². The third-order valence-corrected chi connectivity index (χ3v) is 6.67. The first kappa shape index (κ1) is 15.9. The highest BCUT2D eigenvalue weighted by Crippen LogP contribution is 2.24. The maximum atomic E-state index is 12.0. The standard InChI is InChI=1S/C11H23NO4S2/c1-3-12-10(7-9-17(2,13)14)11-6-4-5-8-18(11,15)16/h10-12H,3-9H2,1-2H3. The second-order valence-corrected chi connectivity index (χ2v) is 9.58. The van der Waals surface area contributed by atoms with E-state index in [-0.39, 0.29) is 17.5 Å². The summed E-state index contributed by atoms with van der Waals surface area (Å²) in [6.07, 6.45) is 3.83. The molecule has 0 aromatic carbocycles. The number of rotatable bonds is 6. The van der Waals surface area contributed by atoms with Gasteiger partial charge in [0.15, 0.2) is 9.84 Å². The Morgan fingerprint density at radius 1 is 1.33 bits per heavy atom. The Kier molecular flexibility index (Phi) is 5.61. The summed E-state index contributed by atoms with van der Waals surface area (Å²) in [4.78, 5) is 0. The van der Waals surface area contributed by atoms with Crippen LogP contribution in [0.25, 0.3) is 0 Å². The smallest absolute Gasteiger partial charge is 0.154 e. The van der Waals surface area contributed by atoms with E-state index in [2.05, 4.69) is 5.32 Å². The zero-order valence-electron chi connectivity index (χ0n) is 11.1. The lowest BCUT2D eigenvalue weighted by Crippen LogP contribution is -2.47.